The Bertz CT molecular complexity index is 338. The lowest BCUT2D eigenvalue weighted by atomic mass is 9.76. The molecule has 0 radical (unpaired) electrons. The van der Waals surface area contributed by atoms with Crippen molar-refractivity contribution < 1.29 is 0 Å². The van der Waals surface area contributed by atoms with Crippen LogP contribution in [0.1, 0.15) is 19.4 Å². The average Bonchev–Trinajstić information content (AvgIpc) is 2.25. The van der Waals surface area contributed by atoms with Gasteiger partial charge in [0.1, 0.15) is 0 Å². The molecule has 0 spiro atoms. The minimum atomic E-state index is -0.0500. The summed E-state index contributed by atoms with van der Waals surface area (Å²) in [5, 5.41) is 0. The second-order valence-corrected chi connectivity index (χ2v) is 5.92. The van der Waals surface area contributed by atoms with Gasteiger partial charge in [-0.1, -0.05) is 13.8 Å². The van der Waals surface area contributed by atoms with E-state index in [0.717, 1.165) is 10.9 Å². The van der Waals surface area contributed by atoms with E-state index in [-0.39, 0.29) is 5.41 Å². The van der Waals surface area contributed by atoms with E-state index in [9.17, 15) is 0 Å². The smallest absolute Gasteiger partial charge is 0.0410 e. The van der Waals surface area contributed by atoms with Crippen molar-refractivity contribution in [1.82, 2.24) is 4.98 Å². The van der Waals surface area contributed by atoms with Crippen LogP contribution in [-0.2, 0) is 6.42 Å². The summed E-state index contributed by atoms with van der Waals surface area (Å²) in [6, 6.07) is 2.07. The minimum absolute atomic E-state index is 0.0500. The standard InChI is InChI=1S/C12H16BrCl2N/c1-9(2)12(7-14,8-15)4-10-3-11(13)6-16-5-10/h3,5-6,9H,4,7-8H2,1-2H3. The Kier molecular flexibility index (Phi) is 5.55. The van der Waals surface area contributed by atoms with Crippen molar-refractivity contribution >= 4 is 39.1 Å². The zero-order chi connectivity index (χ0) is 12.2. The maximum Gasteiger partial charge on any atom is 0.0410 e. The number of pyridine rings is 1. The largest absolute Gasteiger partial charge is 0.263 e. The molecule has 90 valence electrons. The van der Waals surface area contributed by atoms with Crippen molar-refractivity contribution in [3.8, 4) is 0 Å². The summed E-state index contributed by atoms with van der Waals surface area (Å²) in [5.74, 6) is 1.59. The molecule has 4 heteroatoms. The van der Waals surface area contributed by atoms with E-state index in [1.54, 1.807) is 6.20 Å². The molecule has 0 atom stereocenters. The Hall–Kier alpha value is 0.210. The lowest BCUT2D eigenvalue weighted by Crippen LogP contribution is -2.34. The fraction of sp³-hybridized carbons (Fsp3) is 0.583. The molecule has 0 saturated heterocycles. The Morgan fingerprint density at radius 1 is 1.31 bits per heavy atom. The Morgan fingerprint density at radius 2 is 1.94 bits per heavy atom. The predicted octanol–water partition coefficient (Wildman–Crippen LogP) is 4.51. The van der Waals surface area contributed by atoms with Crippen LogP contribution >= 0.6 is 39.1 Å². The van der Waals surface area contributed by atoms with Crippen molar-refractivity contribution in [3.05, 3.63) is 28.5 Å². The molecular formula is C12H16BrCl2N. The second kappa shape index (κ2) is 6.23. The van der Waals surface area contributed by atoms with E-state index >= 15 is 0 Å². The van der Waals surface area contributed by atoms with Gasteiger partial charge >= 0.3 is 0 Å². The Balaban J connectivity index is 2.91. The van der Waals surface area contributed by atoms with Gasteiger partial charge in [-0.3, -0.25) is 4.98 Å². The molecule has 0 aromatic carbocycles. The molecule has 0 amide bonds. The first-order chi connectivity index (χ1) is 7.54. The number of nitrogens with zero attached hydrogens (tertiary/aromatic N) is 1. The first-order valence-electron chi connectivity index (χ1n) is 5.25. The van der Waals surface area contributed by atoms with E-state index in [0.29, 0.717) is 17.7 Å². The SMILES string of the molecule is CC(C)C(CCl)(CCl)Cc1cncc(Br)c1. The molecule has 1 heterocycles. The Labute approximate surface area is 116 Å². The molecule has 0 bridgehead atoms. The third-order valence-electron chi connectivity index (χ3n) is 3.07. The monoisotopic (exact) mass is 323 g/mol. The highest BCUT2D eigenvalue weighted by molar-refractivity contribution is 9.10. The third-order valence-corrected chi connectivity index (χ3v) is 4.57. The third kappa shape index (κ3) is 3.35. The van der Waals surface area contributed by atoms with Gasteiger partial charge in [0.15, 0.2) is 0 Å². The van der Waals surface area contributed by atoms with Gasteiger partial charge in [0.2, 0.25) is 0 Å². The van der Waals surface area contributed by atoms with Crippen LogP contribution in [-0.4, -0.2) is 16.7 Å². The number of hydrogen-bond donors (Lipinski definition) is 0. The maximum absolute atomic E-state index is 6.09. The lowest BCUT2D eigenvalue weighted by Gasteiger charge is -2.34. The summed E-state index contributed by atoms with van der Waals surface area (Å²) in [4.78, 5) is 4.16. The van der Waals surface area contributed by atoms with Gasteiger partial charge < -0.3 is 0 Å². The fourth-order valence-corrected chi connectivity index (χ4v) is 3.11. The zero-order valence-corrected chi connectivity index (χ0v) is 12.6. The number of alkyl halides is 2. The molecule has 0 saturated carbocycles. The maximum atomic E-state index is 6.09. The molecule has 1 rings (SSSR count). The van der Waals surface area contributed by atoms with Crippen molar-refractivity contribution in [3.63, 3.8) is 0 Å². The molecule has 16 heavy (non-hydrogen) atoms. The summed E-state index contributed by atoms with van der Waals surface area (Å²) in [6.07, 6.45) is 4.52. The van der Waals surface area contributed by atoms with Crippen LogP contribution in [0.15, 0.2) is 22.9 Å². The van der Waals surface area contributed by atoms with Crippen molar-refractivity contribution in [2.45, 2.75) is 20.3 Å². The van der Waals surface area contributed by atoms with Crippen molar-refractivity contribution in [1.29, 1.82) is 0 Å². The van der Waals surface area contributed by atoms with Crippen LogP contribution < -0.4 is 0 Å². The molecule has 0 aliphatic carbocycles. The van der Waals surface area contributed by atoms with Gasteiger partial charge in [0.25, 0.3) is 0 Å². The van der Waals surface area contributed by atoms with E-state index < -0.39 is 0 Å². The highest BCUT2D eigenvalue weighted by Crippen LogP contribution is 2.34. The molecular weight excluding hydrogens is 309 g/mol. The lowest BCUT2D eigenvalue weighted by molar-refractivity contribution is 0.258. The predicted molar refractivity (Wildman–Crippen MR) is 74.4 cm³/mol. The van der Waals surface area contributed by atoms with Gasteiger partial charge in [-0.15, -0.1) is 23.2 Å². The second-order valence-electron chi connectivity index (χ2n) is 4.47. The summed E-state index contributed by atoms with van der Waals surface area (Å²) in [7, 11) is 0. The number of halogens is 3. The van der Waals surface area contributed by atoms with Crippen LogP contribution in [0.5, 0.6) is 0 Å². The highest BCUT2D eigenvalue weighted by Gasteiger charge is 2.32. The number of aromatic nitrogens is 1. The van der Waals surface area contributed by atoms with Crippen LogP contribution in [0.4, 0.5) is 0 Å². The van der Waals surface area contributed by atoms with E-state index in [2.05, 4.69) is 40.8 Å². The van der Waals surface area contributed by atoms with E-state index in [1.807, 2.05) is 6.20 Å². The van der Waals surface area contributed by atoms with E-state index in [4.69, 9.17) is 23.2 Å². The van der Waals surface area contributed by atoms with Gasteiger partial charge in [0, 0.05) is 34.0 Å². The molecule has 0 N–H and O–H groups in total. The first kappa shape index (κ1) is 14.3. The van der Waals surface area contributed by atoms with Crippen LogP contribution in [0.2, 0.25) is 0 Å². The summed E-state index contributed by atoms with van der Waals surface area (Å²) in [6.45, 7) is 4.33. The highest BCUT2D eigenvalue weighted by atomic mass is 79.9. The average molecular weight is 325 g/mol. The van der Waals surface area contributed by atoms with Gasteiger partial charge in [0.05, 0.1) is 0 Å². The van der Waals surface area contributed by atoms with Gasteiger partial charge in [-0.05, 0) is 39.9 Å². The molecule has 0 aliphatic rings. The minimum Gasteiger partial charge on any atom is -0.263 e. The summed E-state index contributed by atoms with van der Waals surface area (Å²) in [5.41, 5.74) is 1.12. The fourth-order valence-electron chi connectivity index (χ4n) is 1.60. The van der Waals surface area contributed by atoms with Gasteiger partial charge in [-0.25, -0.2) is 0 Å². The molecule has 1 nitrogen and oxygen atoms in total. The van der Waals surface area contributed by atoms with Crippen molar-refractivity contribution in [2.75, 3.05) is 11.8 Å². The van der Waals surface area contributed by atoms with Crippen LogP contribution in [0.3, 0.4) is 0 Å². The number of hydrogen-bond acceptors (Lipinski definition) is 1. The van der Waals surface area contributed by atoms with E-state index in [1.165, 1.54) is 5.56 Å². The summed E-state index contributed by atoms with van der Waals surface area (Å²) >= 11 is 15.6. The molecule has 0 fully saturated rings. The first-order valence-corrected chi connectivity index (χ1v) is 7.11. The van der Waals surface area contributed by atoms with Crippen molar-refractivity contribution in [2.24, 2.45) is 11.3 Å². The van der Waals surface area contributed by atoms with Crippen LogP contribution in [0, 0.1) is 11.3 Å². The van der Waals surface area contributed by atoms with Gasteiger partial charge in [-0.2, -0.15) is 0 Å². The Morgan fingerprint density at radius 3 is 2.38 bits per heavy atom. The molecule has 0 aliphatic heterocycles. The summed E-state index contributed by atoms with van der Waals surface area (Å²) < 4.78 is 0.992. The van der Waals surface area contributed by atoms with Crippen LogP contribution in [0.25, 0.3) is 0 Å². The zero-order valence-electron chi connectivity index (χ0n) is 9.51. The topological polar surface area (TPSA) is 12.9 Å². The quantitative estimate of drug-likeness (QED) is 0.726. The number of rotatable bonds is 5. The molecule has 0 unspecified atom stereocenters. The normalized spacial score (nSPS) is 12.1. The molecule has 1 aromatic rings. The molecule has 1 aromatic heterocycles.